The fourth-order valence-corrected chi connectivity index (χ4v) is 3.64. The molecule has 110 valence electrons. The first-order valence-electron chi connectivity index (χ1n) is 8.51. The number of nitrogens with one attached hydrogen (secondary N) is 2. The molecule has 2 N–H and O–H groups in total. The molecule has 1 aromatic rings. The van der Waals surface area contributed by atoms with Gasteiger partial charge in [-0.25, -0.2) is 0 Å². The first-order valence-corrected chi connectivity index (χ1v) is 8.51. The van der Waals surface area contributed by atoms with Gasteiger partial charge in [-0.3, -0.25) is 0 Å². The highest BCUT2D eigenvalue weighted by atomic mass is 14.9. The van der Waals surface area contributed by atoms with Crippen molar-refractivity contribution in [2.75, 3.05) is 11.9 Å². The fraction of sp³-hybridized carbons (Fsp3) is 0.667. The third-order valence-electron chi connectivity index (χ3n) is 4.85. The van der Waals surface area contributed by atoms with Crippen LogP contribution in [0.2, 0.25) is 0 Å². The molecule has 0 spiro atoms. The third kappa shape index (κ3) is 3.54. The molecule has 0 unspecified atom stereocenters. The molecule has 2 heteroatoms. The summed E-state index contributed by atoms with van der Waals surface area (Å²) in [5, 5.41) is 7.42. The molecule has 20 heavy (non-hydrogen) atoms. The Labute approximate surface area is 123 Å². The van der Waals surface area contributed by atoms with Crippen molar-refractivity contribution in [3.05, 3.63) is 29.3 Å². The monoisotopic (exact) mass is 272 g/mol. The average Bonchev–Trinajstić information content (AvgIpc) is 2.46. The van der Waals surface area contributed by atoms with Crippen LogP contribution >= 0.6 is 0 Å². The number of rotatable bonds is 3. The van der Waals surface area contributed by atoms with Gasteiger partial charge in [-0.2, -0.15) is 0 Å². The van der Waals surface area contributed by atoms with E-state index in [0.717, 1.165) is 19.1 Å². The molecule has 2 aliphatic rings. The van der Waals surface area contributed by atoms with Gasteiger partial charge < -0.3 is 10.6 Å². The van der Waals surface area contributed by atoms with Gasteiger partial charge in [0.1, 0.15) is 0 Å². The first-order chi connectivity index (χ1) is 9.93. The Morgan fingerprint density at radius 3 is 2.65 bits per heavy atom. The van der Waals surface area contributed by atoms with Crippen molar-refractivity contribution in [3.63, 3.8) is 0 Å². The second kappa shape index (κ2) is 7.12. The minimum Gasteiger partial charge on any atom is -0.385 e. The summed E-state index contributed by atoms with van der Waals surface area (Å²) in [6.07, 6.45) is 12.4. The zero-order valence-corrected chi connectivity index (χ0v) is 12.6. The van der Waals surface area contributed by atoms with E-state index in [-0.39, 0.29) is 0 Å². The largest absolute Gasteiger partial charge is 0.385 e. The Morgan fingerprint density at radius 2 is 1.80 bits per heavy atom. The predicted molar refractivity (Wildman–Crippen MR) is 86.2 cm³/mol. The van der Waals surface area contributed by atoms with Crippen LogP contribution in [-0.4, -0.2) is 12.6 Å². The van der Waals surface area contributed by atoms with Crippen molar-refractivity contribution in [3.8, 4) is 0 Å². The number of benzene rings is 1. The molecule has 0 atom stereocenters. The van der Waals surface area contributed by atoms with Crippen molar-refractivity contribution in [1.82, 2.24) is 5.32 Å². The molecule has 1 fully saturated rings. The zero-order valence-electron chi connectivity index (χ0n) is 12.6. The van der Waals surface area contributed by atoms with E-state index in [2.05, 4.69) is 28.8 Å². The molecule has 0 radical (unpaired) electrons. The number of para-hydroxylation sites is 1. The minimum absolute atomic E-state index is 0.731. The van der Waals surface area contributed by atoms with E-state index in [1.165, 1.54) is 74.6 Å². The van der Waals surface area contributed by atoms with Gasteiger partial charge in [-0.15, -0.1) is 0 Å². The number of hydrogen-bond acceptors (Lipinski definition) is 2. The number of hydrogen-bond donors (Lipinski definition) is 2. The Bertz CT molecular complexity index is 419. The lowest BCUT2D eigenvalue weighted by atomic mass is 9.96. The van der Waals surface area contributed by atoms with Crippen molar-refractivity contribution in [2.24, 2.45) is 0 Å². The topological polar surface area (TPSA) is 24.1 Å². The Hall–Kier alpha value is -1.02. The Kier molecular flexibility index (Phi) is 4.96. The highest BCUT2D eigenvalue weighted by molar-refractivity contribution is 5.59. The maximum Gasteiger partial charge on any atom is 0.0418 e. The van der Waals surface area contributed by atoms with Crippen LogP contribution in [0.25, 0.3) is 0 Å². The molecule has 0 bridgehead atoms. The second-order valence-electron chi connectivity index (χ2n) is 6.40. The average molecular weight is 272 g/mol. The van der Waals surface area contributed by atoms with E-state index in [1.54, 1.807) is 0 Å². The van der Waals surface area contributed by atoms with Gasteiger partial charge in [0.05, 0.1) is 0 Å². The molecule has 0 amide bonds. The maximum absolute atomic E-state index is 3.82. The molecule has 1 heterocycles. The lowest BCUT2D eigenvalue weighted by Crippen LogP contribution is -2.30. The Morgan fingerprint density at radius 1 is 1.00 bits per heavy atom. The molecular weight excluding hydrogens is 244 g/mol. The smallest absolute Gasteiger partial charge is 0.0418 e. The molecule has 2 nitrogen and oxygen atoms in total. The van der Waals surface area contributed by atoms with Gasteiger partial charge in [-0.1, -0.05) is 50.3 Å². The second-order valence-corrected chi connectivity index (χ2v) is 6.40. The van der Waals surface area contributed by atoms with Gasteiger partial charge in [-0.05, 0) is 36.8 Å². The van der Waals surface area contributed by atoms with E-state index >= 15 is 0 Å². The van der Waals surface area contributed by atoms with Gasteiger partial charge in [0.15, 0.2) is 0 Å². The van der Waals surface area contributed by atoms with Crippen LogP contribution in [0.1, 0.15) is 62.5 Å². The summed E-state index contributed by atoms with van der Waals surface area (Å²) < 4.78 is 0. The third-order valence-corrected chi connectivity index (χ3v) is 4.85. The van der Waals surface area contributed by atoms with Gasteiger partial charge in [0.2, 0.25) is 0 Å². The lowest BCUT2D eigenvalue weighted by molar-refractivity contribution is 0.389. The molecular formula is C18H28N2. The maximum atomic E-state index is 3.82. The molecule has 3 rings (SSSR count). The number of aryl methyl sites for hydroxylation is 1. The highest BCUT2D eigenvalue weighted by Crippen LogP contribution is 2.26. The number of anilines is 1. The summed E-state index contributed by atoms with van der Waals surface area (Å²) in [5.74, 6) is 0. The lowest BCUT2D eigenvalue weighted by Gasteiger charge is -2.24. The van der Waals surface area contributed by atoms with Crippen LogP contribution in [0, 0.1) is 0 Å². The van der Waals surface area contributed by atoms with E-state index in [0.29, 0.717) is 0 Å². The van der Waals surface area contributed by atoms with Gasteiger partial charge in [0, 0.05) is 24.8 Å². The SMILES string of the molecule is c1cc2c(c(CNC3CCCCCCC3)c1)NCCC2. The summed E-state index contributed by atoms with van der Waals surface area (Å²) in [5.41, 5.74) is 4.38. The van der Waals surface area contributed by atoms with Crippen LogP contribution in [0.3, 0.4) is 0 Å². The first kappa shape index (κ1) is 13.9. The molecule has 0 saturated heterocycles. The van der Waals surface area contributed by atoms with E-state index in [4.69, 9.17) is 0 Å². The van der Waals surface area contributed by atoms with Gasteiger partial charge in [0.25, 0.3) is 0 Å². The normalized spacial score (nSPS) is 20.6. The molecule has 1 saturated carbocycles. The molecule has 1 aromatic carbocycles. The molecule has 1 aliphatic heterocycles. The summed E-state index contributed by atoms with van der Waals surface area (Å²) >= 11 is 0. The summed E-state index contributed by atoms with van der Waals surface area (Å²) in [6.45, 7) is 2.16. The van der Waals surface area contributed by atoms with Crippen molar-refractivity contribution in [1.29, 1.82) is 0 Å². The quantitative estimate of drug-likeness (QED) is 0.859. The molecule has 1 aliphatic carbocycles. The number of fused-ring (bicyclic) bond motifs is 1. The van der Waals surface area contributed by atoms with Crippen LogP contribution in [0.15, 0.2) is 18.2 Å². The van der Waals surface area contributed by atoms with Crippen LogP contribution in [0.5, 0.6) is 0 Å². The Balaban J connectivity index is 1.60. The van der Waals surface area contributed by atoms with E-state index in [9.17, 15) is 0 Å². The predicted octanol–water partition coefficient (Wildman–Crippen LogP) is 4.25. The van der Waals surface area contributed by atoms with E-state index in [1.807, 2.05) is 0 Å². The van der Waals surface area contributed by atoms with Crippen molar-refractivity contribution < 1.29 is 0 Å². The van der Waals surface area contributed by atoms with Crippen LogP contribution in [0.4, 0.5) is 5.69 Å². The molecule has 0 aromatic heterocycles. The van der Waals surface area contributed by atoms with Crippen molar-refractivity contribution in [2.45, 2.75) is 70.4 Å². The van der Waals surface area contributed by atoms with Crippen LogP contribution in [-0.2, 0) is 13.0 Å². The van der Waals surface area contributed by atoms with Crippen molar-refractivity contribution >= 4 is 5.69 Å². The summed E-state index contributed by atoms with van der Waals surface area (Å²) in [4.78, 5) is 0. The minimum atomic E-state index is 0.731. The summed E-state index contributed by atoms with van der Waals surface area (Å²) in [6, 6.07) is 7.52. The van der Waals surface area contributed by atoms with Gasteiger partial charge >= 0.3 is 0 Å². The fourth-order valence-electron chi connectivity index (χ4n) is 3.64. The van der Waals surface area contributed by atoms with Crippen LogP contribution < -0.4 is 10.6 Å². The highest BCUT2D eigenvalue weighted by Gasteiger charge is 2.14. The summed E-state index contributed by atoms with van der Waals surface area (Å²) in [7, 11) is 0. The standard InChI is InChI=1S/C18H28N2/c1-2-4-11-17(12-5-3-1)20-14-16-9-6-8-15-10-7-13-19-18(15)16/h6,8-9,17,19-20H,1-5,7,10-14H2. The zero-order chi connectivity index (χ0) is 13.6. The van der Waals surface area contributed by atoms with E-state index < -0.39 is 0 Å².